The van der Waals surface area contributed by atoms with Crippen molar-refractivity contribution in [3.8, 4) is 5.75 Å². The topological polar surface area (TPSA) is 106 Å². The summed E-state index contributed by atoms with van der Waals surface area (Å²) in [5.74, 6) is 0.503. The van der Waals surface area contributed by atoms with E-state index in [9.17, 15) is 14.9 Å². The lowest BCUT2D eigenvalue weighted by molar-refractivity contribution is -0.384. The number of nitro groups is 1. The van der Waals surface area contributed by atoms with Crippen LogP contribution in [-0.4, -0.2) is 54.8 Å². The molecule has 0 radical (unpaired) electrons. The van der Waals surface area contributed by atoms with Crippen LogP contribution < -0.4 is 10.2 Å². The third-order valence-electron chi connectivity index (χ3n) is 4.31. The number of morpholine rings is 1. The van der Waals surface area contributed by atoms with E-state index in [2.05, 4.69) is 10.5 Å². The van der Waals surface area contributed by atoms with Crippen molar-refractivity contribution in [3.63, 3.8) is 0 Å². The van der Waals surface area contributed by atoms with E-state index in [1.54, 1.807) is 30.5 Å². The number of amides is 1. The Hall–Kier alpha value is -3.30. The molecule has 1 N–H and O–H groups in total. The van der Waals surface area contributed by atoms with Gasteiger partial charge in [-0.25, -0.2) is 5.43 Å². The highest BCUT2D eigenvalue weighted by Crippen LogP contribution is 2.16. The van der Waals surface area contributed by atoms with E-state index in [0.717, 1.165) is 24.2 Å². The van der Waals surface area contributed by atoms with Gasteiger partial charge in [0, 0.05) is 25.2 Å². The summed E-state index contributed by atoms with van der Waals surface area (Å²) in [7, 11) is 0. The summed E-state index contributed by atoms with van der Waals surface area (Å²) in [5, 5.41) is 14.6. The predicted octanol–water partition coefficient (Wildman–Crippen LogP) is 1.96. The molecule has 1 aliphatic rings. The molecule has 9 nitrogen and oxygen atoms in total. The fraction of sp³-hybridized carbons (Fsp3) is 0.300. The number of rotatable bonds is 8. The molecule has 0 spiro atoms. The van der Waals surface area contributed by atoms with Crippen molar-refractivity contribution in [2.45, 2.75) is 6.61 Å². The molecule has 3 rings (SSSR count). The summed E-state index contributed by atoms with van der Waals surface area (Å²) in [6, 6.07) is 13.5. The third kappa shape index (κ3) is 6.66. The number of non-ortho nitro benzene ring substituents is 1. The zero-order valence-electron chi connectivity index (χ0n) is 15.8. The maximum atomic E-state index is 11.9. The minimum absolute atomic E-state index is 0.0504. The molecule has 1 aliphatic heterocycles. The molecular formula is C20H22N4O5. The number of ether oxygens (including phenoxy) is 2. The Kier molecular flexibility index (Phi) is 7.26. The van der Waals surface area contributed by atoms with E-state index in [1.807, 2.05) is 17.0 Å². The van der Waals surface area contributed by atoms with E-state index >= 15 is 0 Å². The van der Waals surface area contributed by atoms with Gasteiger partial charge in [-0.15, -0.1) is 0 Å². The second-order valence-corrected chi connectivity index (χ2v) is 6.46. The molecule has 0 bridgehead atoms. The number of nitrogens with one attached hydrogen (secondary N) is 1. The lowest BCUT2D eigenvalue weighted by atomic mass is 10.2. The van der Waals surface area contributed by atoms with Gasteiger partial charge in [0.1, 0.15) is 12.4 Å². The molecule has 1 heterocycles. The molecule has 0 unspecified atom stereocenters. The highest BCUT2D eigenvalue weighted by Gasteiger charge is 2.13. The first-order valence-electron chi connectivity index (χ1n) is 9.18. The molecule has 0 saturated carbocycles. The molecule has 0 aliphatic carbocycles. The second kappa shape index (κ2) is 10.3. The first-order valence-corrected chi connectivity index (χ1v) is 9.18. The van der Waals surface area contributed by atoms with Crippen LogP contribution in [0.2, 0.25) is 0 Å². The first kappa shape index (κ1) is 20.4. The van der Waals surface area contributed by atoms with Crippen molar-refractivity contribution >= 4 is 17.8 Å². The molecule has 2 aromatic rings. The maximum absolute atomic E-state index is 11.9. The number of nitrogens with zero attached hydrogens (tertiary/aromatic N) is 3. The van der Waals surface area contributed by atoms with Gasteiger partial charge in [0.05, 0.1) is 30.9 Å². The number of benzene rings is 2. The quantitative estimate of drug-likeness (QED) is 0.414. The van der Waals surface area contributed by atoms with E-state index in [4.69, 9.17) is 9.47 Å². The largest absolute Gasteiger partial charge is 0.489 e. The Bertz CT molecular complexity index is 846. The SMILES string of the molecule is O=C(CN1CCOCC1)N/N=C/c1ccc(OCc2ccc([N+](=O)[O-])cc2)cc1. The van der Waals surface area contributed by atoms with E-state index in [-0.39, 0.29) is 11.6 Å². The Morgan fingerprint density at radius 1 is 1.17 bits per heavy atom. The lowest BCUT2D eigenvalue weighted by Crippen LogP contribution is -2.42. The van der Waals surface area contributed by atoms with E-state index in [1.165, 1.54) is 12.1 Å². The van der Waals surface area contributed by atoms with Crippen molar-refractivity contribution in [1.82, 2.24) is 10.3 Å². The number of carbonyl (C=O) groups is 1. The Labute approximate surface area is 168 Å². The minimum atomic E-state index is -0.435. The van der Waals surface area contributed by atoms with E-state index < -0.39 is 4.92 Å². The monoisotopic (exact) mass is 398 g/mol. The van der Waals surface area contributed by atoms with Gasteiger partial charge in [-0.05, 0) is 47.5 Å². The van der Waals surface area contributed by atoms with Crippen molar-refractivity contribution in [2.24, 2.45) is 5.10 Å². The number of nitro benzene ring substituents is 1. The summed E-state index contributed by atoms with van der Waals surface area (Å²) in [6.45, 7) is 3.40. The van der Waals surface area contributed by atoms with Gasteiger partial charge >= 0.3 is 0 Å². The summed E-state index contributed by atoms with van der Waals surface area (Å²) < 4.78 is 10.9. The molecule has 152 valence electrons. The molecule has 2 aromatic carbocycles. The molecular weight excluding hydrogens is 376 g/mol. The fourth-order valence-corrected chi connectivity index (χ4v) is 2.71. The average Bonchev–Trinajstić information content (AvgIpc) is 2.74. The van der Waals surface area contributed by atoms with Gasteiger partial charge < -0.3 is 9.47 Å². The summed E-state index contributed by atoms with van der Waals surface area (Å²) in [4.78, 5) is 24.1. The van der Waals surface area contributed by atoms with Gasteiger partial charge in [0.15, 0.2) is 0 Å². The van der Waals surface area contributed by atoms with Crippen molar-refractivity contribution in [3.05, 3.63) is 69.8 Å². The van der Waals surface area contributed by atoms with Crippen LogP contribution in [-0.2, 0) is 16.1 Å². The van der Waals surface area contributed by atoms with Crippen LogP contribution in [0.25, 0.3) is 0 Å². The molecule has 0 atom stereocenters. The number of hydrazone groups is 1. The highest BCUT2D eigenvalue weighted by atomic mass is 16.6. The van der Waals surface area contributed by atoms with Gasteiger partial charge in [-0.3, -0.25) is 19.8 Å². The van der Waals surface area contributed by atoms with Crippen LogP contribution in [0.1, 0.15) is 11.1 Å². The van der Waals surface area contributed by atoms with Crippen LogP contribution in [0.5, 0.6) is 5.75 Å². The standard InChI is InChI=1S/C20H22N4O5/c25-20(14-23-9-11-28-12-10-23)22-21-13-16-3-7-19(8-4-16)29-15-17-1-5-18(6-2-17)24(26)27/h1-8,13H,9-12,14-15H2,(H,22,25)/b21-13+. The zero-order valence-corrected chi connectivity index (χ0v) is 15.8. The van der Waals surface area contributed by atoms with Crippen LogP contribution >= 0.6 is 0 Å². The van der Waals surface area contributed by atoms with E-state index in [0.29, 0.717) is 32.1 Å². The third-order valence-corrected chi connectivity index (χ3v) is 4.31. The lowest BCUT2D eigenvalue weighted by Gasteiger charge is -2.25. The highest BCUT2D eigenvalue weighted by molar-refractivity contribution is 5.83. The number of hydrogen-bond acceptors (Lipinski definition) is 7. The van der Waals surface area contributed by atoms with Crippen LogP contribution in [0.3, 0.4) is 0 Å². The van der Waals surface area contributed by atoms with Gasteiger partial charge in [-0.2, -0.15) is 5.10 Å². The van der Waals surface area contributed by atoms with Gasteiger partial charge in [0.25, 0.3) is 11.6 Å². The van der Waals surface area contributed by atoms with Crippen molar-refractivity contribution < 1.29 is 19.2 Å². The fourth-order valence-electron chi connectivity index (χ4n) is 2.71. The van der Waals surface area contributed by atoms with Crippen LogP contribution in [0.4, 0.5) is 5.69 Å². The maximum Gasteiger partial charge on any atom is 0.269 e. The van der Waals surface area contributed by atoms with Crippen LogP contribution in [0.15, 0.2) is 53.6 Å². The normalized spacial score (nSPS) is 14.6. The molecule has 0 aromatic heterocycles. The summed E-state index contributed by atoms with van der Waals surface area (Å²) in [5.41, 5.74) is 4.23. The molecule has 1 saturated heterocycles. The second-order valence-electron chi connectivity index (χ2n) is 6.46. The minimum Gasteiger partial charge on any atom is -0.489 e. The Morgan fingerprint density at radius 3 is 2.52 bits per heavy atom. The first-order chi connectivity index (χ1) is 14.1. The summed E-state index contributed by atoms with van der Waals surface area (Å²) in [6.07, 6.45) is 1.57. The van der Waals surface area contributed by atoms with Crippen molar-refractivity contribution in [2.75, 3.05) is 32.8 Å². The number of hydrogen-bond donors (Lipinski definition) is 1. The van der Waals surface area contributed by atoms with Crippen LogP contribution in [0, 0.1) is 10.1 Å². The Morgan fingerprint density at radius 2 is 1.86 bits per heavy atom. The molecule has 1 fully saturated rings. The Balaban J connectivity index is 1.42. The molecule has 9 heteroatoms. The van der Waals surface area contributed by atoms with Gasteiger partial charge in [-0.1, -0.05) is 0 Å². The van der Waals surface area contributed by atoms with Crippen molar-refractivity contribution in [1.29, 1.82) is 0 Å². The smallest absolute Gasteiger partial charge is 0.269 e. The predicted molar refractivity (Wildman–Crippen MR) is 107 cm³/mol. The average molecular weight is 398 g/mol. The van der Waals surface area contributed by atoms with Gasteiger partial charge in [0.2, 0.25) is 0 Å². The zero-order chi connectivity index (χ0) is 20.5. The molecule has 29 heavy (non-hydrogen) atoms. The number of carbonyl (C=O) groups excluding carboxylic acids is 1. The summed E-state index contributed by atoms with van der Waals surface area (Å²) >= 11 is 0. The molecule has 1 amide bonds.